The molecule has 1 aliphatic heterocycles. The number of fused-ring (bicyclic) bond motifs is 1. The van der Waals surface area contributed by atoms with Crippen molar-refractivity contribution in [1.29, 1.82) is 0 Å². The lowest BCUT2D eigenvalue weighted by atomic mass is 10.1. The zero-order chi connectivity index (χ0) is 28.9. The van der Waals surface area contributed by atoms with E-state index in [1.165, 1.54) is 4.57 Å². The number of alkyl carbamates (subject to hydrolysis) is 1. The van der Waals surface area contributed by atoms with Crippen molar-refractivity contribution in [3.05, 3.63) is 37.7 Å². The fourth-order valence-electron chi connectivity index (χ4n) is 4.60. The third kappa shape index (κ3) is 6.48. The second kappa shape index (κ2) is 10.4. The Morgan fingerprint density at radius 1 is 1.05 bits per heavy atom. The standard InChI is InChI=1S/C26H35ClFN5O6/c1-25(2,3)38-22(35)29-12-14-9-10-31(13-14)20-17(28)11-16-19(18(20)27)32(15-7-8-15)24(37)33(21(16)34)30-23(36)39-26(4,5)6/h11,14-15H,7-10,12-13H2,1-6H3,(H,29,35)(H,30,36). The van der Waals surface area contributed by atoms with E-state index in [0.29, 0.717) is 43.6 Å². The number of carbonyl (C=O) groups excluding carboxylic acids is 2. The summed E-state index contributed by atoms with van der Waals surface area (Å²) in [7, 11) is 0. The monoisotopic (exact) mass is 567 g/mol. The predicted octanol–water partition coefficient (Wildman–Crippen LogP) is 4.12. The van der Waals surface area contributed by atoms with Crippen molar-refractivity contribution in [2.45, 2.75) is 78.0 Å². The molecule has 0 bridgehead atoms. The van der Waals surface area contributed by atoms with Gasteiger partial charge in [-0.25, -0.2) is 24.2 Å². The number of ether oxygens (including phenoxy) is 2. The molecule has 13 heteroatoms. The maximum absolute atomic E-state index is 15.5. The molecule has 1 aromatic carbocycles. The van der Waals surface area contributed by atoms with Gasteiger partial charge in [-0.05, 0) is 72.8 Å². The van der Waals surface area contributed by atoms with E-state index in [0.717, 1.165) is 6.07 Å². The summed E-state index contributed by atoms with van der Waals surface area (Å²) in [6.45, 7) is 11.5. The predicted molar refractivity (Wildman–Crippen MR) is 146 cm³/mol. The van der Waals surface area contributed by atoms with Crippen molar-refractivity contribution in [2.75, 3.05) is 30.0 Å². The highest BCUT2D eigenvalue weighted by atomic mass is 35.5. The van der Waals surface area contributed by atoms with E-state index >= 15 is 4.39 Å². The van der Waals surface area contributed by atoms with E-state index in [-0.39, 0.29) is 33.6 Å². The first kappa shape index (κ1) is 28.7. The number of amides is 2. The van der Waals surface area contributed by atoms with Gasteiger partial charge in [0.05, 0.1) is 21.6 Å². The van der Waals surface area contributed by atoms with E-state index in [1.807, 2.05) is 0 Å². The highest BCUT2D eigenvalue weighted by molar-refractivity contribution is 6.38. The summed E-state index contributed by atoms with van der Waals surface area (Å²) in [6, 6.07) is 0.809. The molecule has 1 aromatic heterocycles. The minimum atomic E-state index is -0.991. The van der Waals surface area contributed by atoms with Gasteiger partial charge in [0, 0.05) is 25.7 Å². The molecule has 214 valence electrons. The first-order valence-electron chi connectivity index (χ1n) is 13.0. The second-order valence-corrected chi connectivity index (χ2v) is 12.4. The van der Waals surface area contributed by atoms with Crippen LogP contribution in [0.15, 0.2) is 15.7 Å². The molecule has 2 N–H and O–H groups in total. The number of hydrogen-bond acceptors (Lipinski definition) is 7. The molecular weight excluding hydrogens is 533 g/mol. The van der Waals surface area contributed by atoms with Crippen LogP contribution in [0.4, 0.5) is 19.7 Å². The first-order chi connectivity index (χ1) is 18.1. The molecular formula is C26H35ClFN5O6. The number of aromatic nitrogens is 2. The van der Waals surface area contributed by atoms with Crippen LogP contribution in [-0.4, -0.2) is 52.3 Å². The molecule has 1 aliphatic carbocycles. The lowest BCUT2D eigenvalue weighted by Crippen LogP contribution is -2.48. The van der Waals surface area contributed by atoms with E-state index in [2.05, 4.69) is 10.7 Å². The third-order valence-electron chi connectivity index (χ3n) is 6.29. The lowest BCUT2D eigenvalue weighted by molar-refractivity contribution is 0.0519. The van der Waals surface area contributed by atoms with Crippen LogP contribution in [0.25, 0.3) is 10.9 Å². The van der Waals surface area contributed by atoms with Gasteiger partial charge >= 0.3 is 17.9 Å². The SMILES string of the molecule is CC(C)(C)OC(=O)NCC1CCN(c2c(F)cc3c(=O)n(NC(=O)OC(C)(C)C)c(=O)n(C4CC4)c3c2Cl)C1. The number of halogens is 2. The smallest absolute Gasteiger partial charge is 0.427 e. The zero-order valence-electron chi connectivity index (χ0n) is 23.0. The van der Waals surface area contributed by atoms with Crippen LogP contribution in [0.3, 0.4) is 0 Å². The molecule has 0 radical (unpaired) electrons. The van der Waals surface area contributed by atoms with E-state index in [4.69, 9.17) is 21.1 Å². The summed E-state index contributed by atoms with van der Waals surface area (Å²) in [4.78, 5) is 52.8. The topological polar surface area (TPSA) is 124 Å². The van der Waals surface area contributed by atoms with Crippen LogP contribution in [0.1, 0.15) is 66.8 Å². The molecule has 39 heavy (non-hydrogen) atoms. The van der Waals surface area contributed by atoms with Gasteiger partial charge in [0.25, 0.3) is 5.56 Å². The third-order valence-corrected chi connectivity index (χ3v) is 6.65. The van der Waals surface area contributed by atoms with Crippen molar-refractivity contribution in [1.82, 2.24) is 14.6 Å². The Balaban J connectivity index is 1.66. The Morgan fingerprint density at radius 2 is 1.67 bits per heavy atom. The maximum atomic E-state index is 15.5. The fraction of sp³-hybridized carbons (Fsp3) is 0.615. The Labute approximate surface area is 230 Å². The number of hydrogen-bond donors (Lipinski definition) is 2. The van der Waals surface area contributed by atoms with Crippen molar-refractivity contribution >= 4 is 40.4 Å². The van der Waals surface area contributed by atoms with Gasteiger partial charge in [0.1, 0.15) is 17.0 Å². The minimum absolute atomic E-state index is 0.0142. The number of rotatable bonds is 5. The molecule has 1 saturated carbocycles. The maximum Gasteiger partial charge on any atom is 0.427 e. The zero-order valence-corrected chi connectivity index (χ0v) is 23.8. The molecule has 2 heterocycles. The van der Waals surface area contributed by atoms with E-state index < -0.39 is 40.5 Å². The average Bonchev–Trinajstić information content (AvgIpc) is 3.51. The molecule has 2 aliphatic rings. The lowest BCUT2D eigenvalue weighted by Gasteiger charge is -2.24. The molecule has 2 aromatic rings. The molecule has 1 saturated heterocycles. The largest absolute Gasteiger partial charge is 0.444 e. The quantitative estimate of drug-likeness (QED) is 0.557. The van der Waals surface area contributed by atoms with Gasteiger partial charge < -0.3 is 19.7 Å². The fourth-order valence-corrected chi connectivity index (χ4v) is 5.01. The van der Waals surface area contributed by atoms with Crippen LogP contribution in [0.2, 0.25) is 5.02 Å². The summed E-state index contributed by atoms with van der Waals surface area (Å²) >= 11 is 6.75. The Hall–Kier alpha value is -3.28. The highest BCUT2D eigenvalue weighted by Crippen LogP contribution is 2.41. The van der Waals surface area contributed by atoms with Crippen molar-refractivity contribution in [3.63, 3.8) is 0 Å². The molecule has 2 amide bonds. The minimum Gasteiger partial charge on any atom is -0.444 e. The summed E-state index contributed by atoms with van der Waals surface area (Å²) < 4.78 is 27.9. The van der Waals surface area contributed by atoms with E-state index in [9.17, 15) is 19.2 Å². The van der Waals surface area contributed by atoms with Gasteiger partial charge in [-0.3, -0.25) is 9.36 Å². The summed E-state index contributed by atoms with van der Waals surface area (Å²) in [5.74, 6) is -0.712. The van der Waals surface area contributed by atoms with Crippen LogP contribution in [0, 0.1) is 11.7 Å². The normalized spacial score (nSPS) is 17.8. The average molecular weight is 568 g/mol. The van der Waals surface area contributed by atoms with Gasteiger partial charge in [0.2, 0.25) is 0 Å². The molecule has 1 atom stereocenters. The summed E-state index contributed by atoms with van der Waals surface area (Å²) in [6.07, 6.45) is 0.492. The van der Waals surface area contributed by atoms with Crippen molar-refractivity contribution < 1.29 is 23.5 Å². The molecule has 11 nitrogen and oxygen atoms in total. The van der Waals surface area contributed by atoms with Crippen LogP contribution in [-0.2, 0) is 9.47 Å². The second-order valence-electron chi connectivity index (χ2n) is 12.0. The number of nitrogens with zero attached hydrogens (tertiary/aromatic N) is 3. The Bertz CT molecular complexity index is 1420. The highest BCUT2D eigenvalue weighted by Gasteiger charge is 2.34. The Kier molecular flexibility index (Phi) is 7.63. The molecule has 2 fully saturated rings. The van der Waals surface area contributed by atoms with Gasteiger partial charge in [-0.2, -0.15) is 4.68 Å². The molecule has 0 spiro atoms. The van der Waals surface area contributed by atoms with Crippen LogP contribution >= 0.6 is 11.6 Å². The van der Waals surface area contributed by atoms with Gasteiger partial charge in [0.15, 0.2) is 0 Å². The van der Waals surface area contributed by atoms with Crippen molar-refractivity contribution in [3.8, 4) is 0 Å². The summed E-state index contributed by atoms with van der Waals surface area (Å²) in [5.41, 5.74) is -0.770. The number of anilines is 1. The van der Waals surface area contributed by atoms with Gasteiger partial charge in [-0.1, -0.05) is 11.6 Å². The van der Waals surface area contributed by atoms with Crippen LogP contribution < -0.4 is 26.9 Å². The van der Waals surface area contributed by atoms with Crippen molar-refractivity contribution in [2.24, 2.45) is 5.92 Å². The first-order valence-corrected chi connectivity index (χ1v) is 13.3. The van der Waals surface area contributed by atoms with Crippen LogP contribution in [0.5, 0.6) is 0 Å². The van der Waals surface area contributed by atoms with E-state index in [1.54, 1.807) is 46.4 Å². The van der Waals surface area contributed by atoms with Gasteiger partial charge in [-0.15, -0.1) is 0 Å². The summed E-state index contributed by atoms with van der Waals surface area (Å²) in [5, 5.41) is 2.57. The molecule has 1 unspecified atom stereocenters. The Morgan fingerprint density at radius 3 is 2.26 bits per heavy atom. The molecule has 4 rings (SSSR count). The number of benzene rings is 1. The number of carbonyl (C=O) groups is 2. The number of nitrogens with one attached hydrogen (secondary N) is 2.